The molecule has 3 N–H and O–H groups in total. The van der Waals surface area contributed by atoms with E-state index in [1.165, 1.54) is 12.8 Å². The zero-order valence-corrected chi connectivity index (χ0v) is 11.6. The molecule has 0 aromatic rings. The Kier molecular flexibility index (Phi) is 10.5. The van der Waals surface area contributed by atoms with Crippen molar-refractivity contribution in [1.29, 1.82) is 0 Å². The molecule has 3 heteroatoms. The summed E-state index contributed by atoms with van der Waals surface area (Å²) in [5, 5.41) is 8.95. The molecule has 0 bridgehead atoms. The van der Waals surface area contributed by atoms with Crippen molar-refractivity contribution in [3.8, 4) is 0 Å². The number of aliphatic hydroxyl groups excluding tert-OH is 1. The summed E-state index contributed by atoms with van der Waals surface area (Å²) in [7, 11) is 0. The second-order valence-electron chi connectivity index (χ2n) is 5.04. The molecule has 0 aromatic carbocycles. The molecule has 1 atom stereocenters. The number of hydrogen-bond acceptors (Lipinski definition) is 3. The maximum Gasteiger partial charge on any atom is 0.0558 e. The third-order valence-electron chi connectivity index (χ3n) is 3.33. The summed E-state index contributed by atoms with van der Waals surface area (Å²) in [6, 6.07) is 0. The first kappa shape index (κ1) is 16.6. The molecule has 0 aliphatic rings. The number of rotatable bonds is 11. The summed E-state index contributed by atoms with van der Waals surface area (Å²) in [6.45, 7) is 12.0. The number of nitrogens with two attached hydrogens (primary N) is 1. The van der Waals surface area contributed by atoms with Crippen molar-refractivity contribution in [3.63, 3.8) is 0 Å². The molecule has 0 saturated carbocycles. The highest BCUT2D eigenvalue weighted by Crippen LogP contribution is 2.20. The van der Waals surface area contributed by atoms with E-state index in [0.29, 0.717) is 5.92 Å². The Balaban J connectivity index is 3.86. The summed E-state index contributed by atoms with van der Waals surface area (Å²) in [4.78, 5) is 2.24. The highest BCUT2D eigenvalue weighted by Gasteiger charge is 2.12. The van der Waals surface area contributed by atoms with Crippen LogP contribution in [0.3, 0.4) is 0 Å². The predicted molar refractivity (Wildman–Crippen MR) is 75.0 cm³/mol. The molecule has 0 aliphatic carbocycles. The van der Waals surface area contributed by atoms with Gasteiger partial charge >= 0.3 is 0 Å². The van der Waals surface area contributed by atoms with Crippen LogP contribution in [0, 0.1) is 11.8 Å². The maximum absolute atomic E-state index is 8.95. The second-order valence-corrected chi connectivity index (χ2v) is 5.04. The molecule has 102 valence electrons. The lowest BCUT2D eigenvalue weighted by Crippen LogP contribution is -2.28. The monoisotopic (exact) mass is 242 g/mol. The standard InChI is InChI=1S/C14H30N2O/c1-4-9-16(11-12-17)10-5-6-14(7-8-15)13(2)3/h4,13-14,17H,1,5-12,15H2,2-3H3. The molecule has 0 aliphatic heterocycles. The van der Waals surface area contributed by atoms with Crippen LogP contribution >= 0.6 is 0 Å². The first-order valence-electron chi connectivity index (χ1n) is 6.79. The molecule has 3 nitrogen and oxygen atoms in total. The van der Waals surface area contributed by atoms with Crippen molar-refractivity contribution in [2.24, 2.45) is 17.6 Å². The molecule has 0 radical (unpaired) electrons. The van der Waals surface area contributed by atoms with Gasteiger partial charge in [-0.1, -0.05) is 19.9 Å². The Morgan fingerprint density at radius 2 is 2.00 bits per heavy atom. The van der Waals surface area contributed by atoms with Gasteiger partial charge in [0.2, 0.25) is 0 Å². The van der Waals surface area contributed by atoms with E-state index in [2.05, 4.69) is 25.3 Å². The van der Waals surface area contributed by atoms with Gasteiger partial charge in [-0.3, -0.25) is 4.90 Å². The van der Waals surface area contributed by atoms with Crippen molar-refractivity contribution in [1.82, 2.24) is 4.90 Å². The van der Waals surface area contributed by atoms with Crippen molar-refractivity contribution < 1.29 is 5.11 Å². The van der Waals surface area contributed by atoms with Crippen LogP contribution in [-0.2, 0) is 0 Å². The minimum Gasteiger partial charge on any atom is -0.395 e. The summed E-state index contributed by atoms with van der Waals surface area (Å²) in [6.07, 6.45) is 5.43. The molecule has 0 amide bonds. The Bertz CT molecular complexity index is 183. The first-order chi connectivity index (χ1) is 8.15. The lowest BCUT2D eigenvalue weighted by Gasteiger charge is -2.23. The van der Waals surface area contributed by atoms with Gasteiger partial charge in [0.15, 0.2) is 0 Å². The van der Waals surface area contributed by atoms with Crippen LogP contribution in [0.15, 0.2) is 12.7 Å². The van der Waals surface area contributed by atoms with Crippen LogP contribution < -0.4 is 5.73 Å². The minimum atomic E-state index is 0.226. The van der Waals surface area contributed by atoms with E-state index < -0.39 is 0 Å². The smallest absolute Gasteiger partial charge is 0.0558 e. The van der Waals surface area contributed by atoms with Crippen LogP contribution in [0.5, 0.6) is 0 Å². The summed E-state index contributed by atoms with van der Waals surface area (Å²) < 4.78 is 0. The maximum atomic E-state index is 8.95. The SMILES string of the molecule is C=CCN(CCO)CCCC(CCN)C(C)C. The van der Waals surface area contributed by atoms with Gasteiger partial charge in [-0.2, -0.15) is 0 Å². The van der Waals surface area contributed by atoms with Gasteiger partial charge in [0.1, 0.15) is 0 Å². The van der Waals surface area contributed by atoms with Gasteiger partial charge in [-0.15, -0.1) is 6.58 Å². The van der Waals surface area contributed by atoms with Crippen LogP contribution in [0.25, 0.3) is 0 Å². The molecule has 0 heterocycles. The summed E-state index contributed by atoms with van der Waals surface area (Å²) in [5.74, 6) is 1.45. The average molecular weight is 242 g/mol. The van der Waals surface area contributed by atoms with Gasteiger partial charge in [-0.25, -0.2) is 0 Å². The zero-order chi connectivity index (χ0) is 13.1. The van der Waals surface area contributed by atoms with Crippen molar-refractivity contribution in [2.75, 3.05) is 32.8 Å². The zero-order valence-electron chi connectivity index (χ0n) is 11.6. The molecule has 1 unspecified atom stereocenters. The fourth-order valence-corrected chi connectivity index (χ4v) is 2.22. The summed E-state index contributed by atoms with van der Waals surface area (Å²) >= 11 is 0. The largest absolute Gasteiger partial charge is 0.395 e. The molecule has 0 rings (SSSR count). The topological polar surface area (TPSA) is 49.5 Å². The normalized spacial score (nSPS) is 13.3. The Morgan fingerprint density at radius 1 is 1.29 bits per heavy atom. The molecule has 0 fully saturated rings. The van der Waals surface area contributed by atoms with Gasteiger partial charge in [0, 0.05) is 13.1 Å². The van der Waals surface area contributed by atoms with E-state index in [1.54, 1.807) is 0 Å². The highest BCUT2D eigenvalue weighted by molar-refractivity contribution is 4.74. The van der Waals surface area contributed by atoms with Crippen molar-refractivity contribution in [3.05, 3.63) is 12.7 Å². The molecular weight excluding hydrogens is 212 g/mol. The molecule has 0 spiro atoms. The Morgan fingerprint density at radius 3 is 2.47 bits per heavy atom. The fraction of sp³-hybridized carbons (Fsp3) is 0.857. The third kappa shape index (κ3) is 8.36. The number of hydrogen-bond donors (Lipinski definition) is 2. The summed E-state index contributed by atoms with van der Waals surface area (Å²) in [5.41, 5.74) is 5.64. The van der Waals surface area contributed by atoms with Gasteiger partial charge < -0.3 is 10.8 Å². The van der Waals surface area contributed by atoms with E-state index in [0.717, 1.165) is 38.5 Å². The van der Waals surface area contributed by atoms with Crippen LogP contribution in [0.1, 0.15) is 33.1 Å². The van der Waals surface area contributed by atoms with E-state index in [1.807, 2.05) is 6.08 Å². The average Bonchev–Trinajstić information content (AvgIpc) is 2.28. The second kappa shape index (κ2) is 10.8. The fourth-order valence-electron chi connectivity index (χ4n) is 2.22. The first-order valence-corrected chi connectivity index (χ1v) is 6.79. The van der Waals surface area contributed by atoms with Crippen LogP contribution in [-0.4, -0.2) is 42.8 Å². The predicted octanol–water partition coefficient (Wildman–Crippen LogP) is 1.87. The number of nitrogens with zero attached hydrogens (tertiary/aromatic N) is 1. The van der Waals surface area contributed by atoms with E-state index in [9.17, 15) is 0 Å². The lowest BCUT2D eigenvalue weighted by molar-refractivity contribution is 0.200. The van der Waals surface area contributed by atoms with Crippen molar-refractivity contribution in [2.45, 2.75) is 33.1 Å². The number of aliphatic hydroxyl groups is 1. The van der Waals surface area contributed by atoms with E-state index in [4.69, 9.17) is 10.8 Å². The van der Waals surface area contributed by atoms with Crippen molar-refractivity contribution >= 4 is 0 Å². The van der Waals surface area contributed by atoms with Crippen LogP contribution in [0.2, 0.25) is 0 Å². The van der Waals surface area contributed by atoms with Gasteiger partial charge in [-0.05, 0) is 44.2 Å². The van der Waals surface area contributed by atoms with E-state index >= 15 is 0 Å². The quantitative estimate of drug-likeness (QED) is 0.544. The van der Waals surface area contributed by atoms with Crippen LogP contribution in [0.4, 0.5) is 0 Å². The van der Waals surface area contributed by atoms with E-state index in [-0.39, 0.29) is 6.61 Å². The third-order valence-corrected chi connectivity index (χ3v) is 3.33. The molecule has 17 heavy (non-hydrogen) atoms. The lowest BCUT2D eigenvalue weighted by atomic mass is 9.88. The molecule has 0 aromatic heterocycles. The minimum absolute atomic E-state index is 0.226. The van der Waals surface area contributed by atoms with Gasteiger partial charge in [0.05, 0.1) is 6.61 Å². The highest BCUT2D eigenvalue weighted by atomic mass is 16.3. The molecular formula is C14H30N2O. The Labute approximate surface area is 107 Å². The Hall–Kier alpha value is -0.380. The molecule has 0 saturated heterocycles. The van der Waals surface area contributed by atoms with Gasteiger partial charge in [0.25, 0.3) is 0 Å².